The van der Waals surface area contributed by atoms with Crippen molar-refractivity contribution in [2.45, 2.75) is 49.1 Å². The van der Waals surface area contributed by atoms with Crippen molar-refractivity contribution < 1.29 is 26.7 Å². The fraction of sp³-hybridized carbons (Fsp3) is 0.545. The summed E-state index contributed by atoms with van der Waals surface area (Å²) in [5, 5.41) is 14.4. The molecule has 0 radical (unpaired) electrons. The quantitative estimate of drug-likeness (QED) is 0.365. The van der Waals surface area contributed by atoms with Gasteiger partial charge in [-0.25, -0.2) is 26.9 Å². The highest BCUT2D eigenvalue weighted by molar-refractivity contribution is 8.26. The molecule has 3 N–H and O–H groups in total. The van der Waals surface area contributed by atoms with E-state index in [9.17, 15) is 22.0 Å². The minimum absolute atomic E-state index is 0.00530. The maximum absolute atomic E-state index is 13.4. The number of hydrogen-bond acceptors (Lipinski definition) is 9. The van der Waals surface area contributed by atoms with Gasteiger partial charge in [-0.05, 0) is 37.6 Å². The Bertz CT molecular complexity index is 1380. The number of nitrogens with one attached hydrogen (secondary N) is 3. The number of piperidine rings is 1. The smallest absolute Gasteiger partial charge is 0.285 e. The SMILES string of the molecule is CC1(NS(=O)(=O)c2cc(N3CCN4C(=O)CCC[C@H]4C3)c3ncc(C(=N)SC(=N)C(F)F)n3c2)COC1. The number of aromatic nitrogens is 2. The minimum Gasteiger partial charge on any atom is -0.377 e. The summed E-state index contributed by atoms with van der Waals surface area (Å²) in [7, 11) is -4.03. The van der Waals surface area contributed by atoms with Crippen LogP contribution in [0.5, 0.6) is 0 Å². The van der Waals surface area contributed by atoms with Gasteiger partial charge in [0.1, 0.15) is 15.0 Å². The molecule has 200 valence electrons. The molecule has 0 bridgehead atoms. The van der Waals surface area contributed by atoms with Crippen molar-refractivity contribution in [1.29, 1.82) is 10.8 Å². The number of sulfonamides is 1. The highest BCUT2D eigenvalue weighted by Gasteiger charge is 2.39. The van der Waals surface area contributed by atoms with E-state index in [1.165, 1.54) is 22.9 Å². The molecule has 5 rings (SSSR count). The molecule has 0 saturated carbocycles. The van der Waals surface area contributed by atoms with Crippen molar-refractivity contribution in [2.75, 3.05) is 37.7 Å². The second-order valence-corrected chi connectivity index (χ2v) is 12.5. The number of nitrogens with zero attached hydrogens (tertiary/aromatic N) is 4. The van der Waals surface area contributed by atoms with Crippen LogP contribution in [0.1, 0.15) is 31.9 Å². The van der Waals surface area contributed by atoms with Crippen molar-refractivity contribution in [3.63, 3.8) is 0 Å². The zero-order valence-electron chi connectivity index (χ0n) is 20.0. The largest absolute Gasteiger partial charge is 0.377 e. The Balaban J connectivity index is 1.56. The Morgan fingerprint density at radius 3 is 2.76 bits per heavy atom. The molecule has 1 amide bonds. The van der Waals surface area contributed by atoms with Gasteiger partial charge < -0.3 is 14.5 Å². The standard InChI is InChI=1S/C22H27F2N7O4S2/c1-22(11-35-12-22)28-37(33,34)14-7-15(29-5-6-30-13(9-29)3-2-4-17(30)32)21-27-8-16(31(21)10-14)19(25)36-20(26)18(23)24/h7-8,10,13,18,25-26,28H,2-6,9,11-12H2,1H3/t13-/m0/s1. The number of amides is 1. The lowest BCUT2D eigenvalue weighted by Crippen LogP contribution is -2.59. The van der Waals surface area contributed by atoms with E-state index in [1.54, 1.807) is 6.92 Å². The van der Waals surface area contributed by atoms with Crippen LogP contribution in [0.2, 0.25) is 0 Å². The third-order valence-electron chi connectivity index (χ3n) is 6.81. The first kappa shape index (κ1) is 26.0. The van der Waals surface area contributed by atoms with Gasteiger partial charge in [0.15, 0.2) is 5.65 Å². The summed E-state index contributed by atoms with van der Waals surface area (Å²) in [6.07, 6.45) is 1.76. The lowest BCUT2D eigenvalue weighted by Gasteiger charge is -2.44. The van der Waals surface area contributed by atoms with Gasteiger partial charge in [0.05, 0.1) is 36.3 Å². The van der Waals surface area contributed by atoms with Crippen LogP contribution in [-0.2, 0) is 19.6 Å². The number of fused-ring (bicyclic) bond motifs is 2. The van der Waals surface area contributed by atoms with Crippen LogP contribution in [0.3, 0.4) is 0 Å². The Morgan fingerprint density at radius 1 is 1.32 bits per heavy atom. The summed E-state index contributed by atoms with van der Waals surface area (Å²) in [6, 6.07) is 1.52. The normalized spacial score (nSPS) is 21.7. The molecule has 0 aromatic carbocycles. The first-order valence-electron chi connectivity index (χ1n) is 11.8. The Hall–Kier alpha value is -2.62. The van der Waals surface area contributed by atoms with Crippen LogP contribution in [0.15, 0.2) is 23.4 Å². The molecule has 15 heteroatoms. The number of pyridine rings is 1. The van der Waals surface area contributed by atoms with E-state index >= 15 is 0 Å². The second kappa shape index (κ2) is 9.60. The summed E-state index contributed by atoms with van der Waals surface area (Å²) in [5.41, 5.74) is 0.197. The van der Waals surface area contributed by atoms with E-state index in [0.717, 1.165) is 12.8 Å². The second-order valence-electron chi connectivity index (χ2n) is 9.73. The van der Waals surface area contributed by atoms with E-state index in [0.29, 0.717) is 37.4 Å². The highest BCUT2D eigenvalue weighted by Crippen LogP contribution is 2.32. The predicted octanol–water partition coefficient (Wildman–Crippen LogP) is 1.90. The molecule has 3 aliphatic heterocycles. The van der Waals surface area contributed by atoms with Crippen molar-refractivity contribution in [3.05, 3.63) is 24.2 Å². The average Bonchev–Trinajstić information content (AvgIpc) is 3.26. The Morgan fingerprint density at radius 2 is 2.08 bits per heavy atom. The number of piperazine rings is 1. The average molecular weight is 556 g/mol. The van der Waals surface area contributed by atoms with Crippen molar-refractivity contribution in [1.82, 2.24) is 19.0 Å². The molecular weight excluding hydrogens is 528 g/mol. The molecule has 0 spiro atoms. The Kier molecular flexibility index (Phi) is 6.75. The molecule has 11 nitrogen and oxygen atoms in total. The van der Waals surface area contributed by atoms with Crippen molar-refractivity contribution >= 4 is 49.1 Å². The van der Waals surface area contributed by atoms with E-state index in [2.05, 4.69) is 9.71 Å². The first-order chi connectivity index (χ1) is 17.5. The van der Waals surface area contributed by atoms with E-state index < -0.39 is 27.0 Å². The van der Waals surface area contributed by atoms with Gasteiger partial charge in [0, 0.05) is 38.3 Å². The van der Waals surface area contributed by atoms with Crippen LogP contribution in [0, 0.1) is 10.8 Å². The molecule has 37 heavy (non-hydrogen) atoms. The molecule has 5 heterocycles. The lowest BCUT2D eigenvalue weighted by atomic mass is 9.98. The van der Waals surface area contributed by atoms with Gasteiger partial charge in [0.25, 0.3) is 6.43 Å². The summed E-state index contributed by atoms with van der Waals surface area (Å²) in [6.45, 7) is 3.64. The van der Waals surface area contributed by atoms with Gasteiger partial charge in [-0.15, -0.1) is 0 Å². The number of hydrogen-bond donors (Lipinski definition) is 3. The van der Waals surface area contributed by atoms with Crippen LogP contribution < -0.4 is 9.62 Å². The summed E-state index contributed by atoms with van der Waals surface area (Å²) in [4.78, 5) is 20.5. The Labute approximate surface area is 216 Å². The zero-order chi connectivity index (χ0) is 26.5. The molecule has 2 aromatic heterocycles. The van der Waals surface area contributed by atoms with E-state index in [1.807, 2.05) is 9.80 Å². The molecule has 0 aliphatic carbocycles. The third kappa shape index (κ3) is 4.96. The number of imidazole rings is 1. The number of carbonyl (C=O) groups is 1. The number of thioether (sulfide) groups is 1. The van der Waals surface area contributed by atoms with Crippen LogP contribution in [-0.4, -0.2) is 89.6 Å². The van der Waals surface area contributed by atoms with Crippen LogP contribution in [0.4, 0.5) is 14.5 Å². The van der Waals surface area contributed by atoms with Gasteiger partial charge in [0.2, 0.25) is 15.9 Å². The van der Waals surface area contributed by atoms with Crippen LogP contribution >= 0.6 is 11.8 Å². The van der Waals surface area contributed by atoms with Gasteiger partial charge in [-0.3, -0.25) is 20.0 Å². The van der Waals surface area contributed by atoms with Crippen LogP contribution in [0.25, 0.3) is 5.65 Å². The molecule has 3 fully saturated rings. The molecule has 2 aromatic rings. The van der Waals surface area contributed by atoms with E-state index in [-0.39, 0.29) is 52.6 Å². The molecular formula is C22H27F2N7O4S2. The zero-order valence-corrected chi connectivity index (χ0v) is 21.7. The fourth-order valence-corrected chi connectivity index (χ4v) is 6.89. The lowest BCUT2D eigenvalue weighted by molar-refractivity contribution is -0.136. The molecule has 3 aliphatic rings. The molecule has 1 atom stereocenters. The van der Waals surface area contributed by atoms with Gasteiger partial charge in [-0.1, -0.05) is 0 Å². The van der Waals surface area contributed by atoms with E-state index in [4.69, 9.17) is 15.6 Å². The summed E-state index contributed by atoms with van der Waals surface area (Å²) in [5.74, 6) is 0.118. The maximum atomic E-state index is 13.4. The van der Waals surface area contributed by atoms with Crippen molar-refractivity contribution in [3.8, 4) is 0 Å². The number of rotatable bonds is 6. The number of alkyl halides is 2. The molecule has 3 saturated heterocycles. The monoisotopic (exact) mass is 555 g/mol. The maximum Gasteiger partial charge on any atom is 0.285 e. The predicted molar refractivity (Wildman–Crippen MR) is 134 cm³/mol. The fourth-order valence-electron chi connectivity index (χ4n) is 4.93. The van der Waals surface area contributed by atoms with Crippen molar-refractivity contribution in [2.24, 2.45) is 0 Å². The number of anilines is 1. The first-order valence-corrected chi connectivity index (χ1v) is 14.1. The highest BCUT2D eigenvalue weighted by atomic mass is 32.2. The minimum atomic E-state index is -4.03. The molecule has 0 unspecified atom stereocenters. The van der Waals surface area contributed by atoms with Gasteiger partial charge >= 0.3 is 0 Å². The summed E-state index contributed by atoms with van der Waals surface area (Å²) >= 11 is 0.289. The number of carbonyl (C=O) groups excluding carboxylic acids is 1. The summed E-state index contributed by atoms with van der Waals surface area (Å²) < 4.78 is 61.9. The topological polar surface area (TPSA) is 144 Å². The van der Waals surface area contributed by atoms with Gasteiger partial charge in [-0.2, -0.15) is 0 Å². The third-order valence-corrected chi connectivity index (χ3v) is 9.22. The number of halogens is 2. The number of ether oxygens (including phenoxy) is 1.